The van der Waals surface area contributed by atoms with Gasteiger partial charge in [-0.05, 0) is 49.6 Å². The maximum absolute atomic E-state index is 6.11. The number of hydrogen-bond donors (Lipinski definition) is 2. The molecule has 6 heteroatoms. The van der Waals surface area contributed by atoms with E-state index in [9.17, 15) is 0 Å². The quantitative estimate of drug-likeness (QED) is 0.757. The van der Waals surface area contributed by atoms with Crippen molar-refractivity contribution < 1.29 is 4.74 Å². The molecule has 1 aliphatic rings. The van der Waals surface area contributed by atoms with Crippen LogP contribution in [0.5, 0.6) is 5.75 Å². The predicted octanol–water partition coefficient (Wildman–Crippen LogP) is 3.15. The largest absolute Gasteiger partial charge is 0.491 e. The first kappa shape index (κ1) is 16.3. The lowest BCUT2D eigenvalue weighted by molar-refractivity contribution is 0.271. The summed E-state index contributed by atoms with van der Waals surface area (Å²) in [4.78, 5) is 13.4. The lowest BCUT2D eigenvalue weighted by atomic mass is 9.98. The monoisotopic (exact) mass is 347 g/mol. The van der Waals surface area contributed by atoms with Crippen molar-refractivity contribution in [3.63, 3.8) is 0 Å². The number of nitrogens with zero attached hydrogens (tertiary/aromatic N) is 3. The molecule has 3 aromatic rings. The van der Waals surface area contributed by atoms with Gasteiger partial charge in [-0.25, -0.2) is 9.97 Å². The number of fused-ring (bicyclic) bond motifs is 1. The van der Waals surface area contributed by atoms with E-state index in [0.717, 1.165) is 23.6 Å². The topological polar surface area (TPSA) is 86.0 Å². The van der Waals surface area contributed by atoms with Gasteiger partial charge in [-0.1, -0.05) is 18.2 Å². The number of benzene rings is 1. The van der Waals surface area contributed by atoms with E-state index in [-0.39, 0.29) is 6.04 Å². The van der Waals surface area contributed by atoms with Crippen LogP contribution in [-0.4, -0.2) is 27.6 Å². The predicted molar refractivity (Wildman–Crippen MR) is 102 cm³/mol. The van der Waals surface area contributed by atoms with Crippen molar-refractivity contribution in [3.8, 4) is 17.3 Å². The fraction of sp³-hybridized carbons (Fsp3) is 0.250. The molecule has 3 N–H and O–H groups in total. The SMILES string of the molecule is Cc1cccc2c1CC(Nc1nc(-c3ccccn3)nc(N)c1C)CO2. The van der Waals surface area contributed by atoms with Crippen molar-refractivity contribution >= 4 is 11.6 Å². The van der Waals surface area contributed by atoms with Gasteiger partial charge in [0.15, 0.2) is 5.82 Å². The van der Waals surface area contributed by atoms with Gasteiger partial charge in [0.1, 0.15) is 29.7 Å². The number of nitrogens with two attached hydrogens (primary N) is 1. The summed E-state index contributed by atoms with van der Waals surface area (Å²) in [6.07, 6.45) is 2.60. The molecule has 1 aromatic carbocycles. The fourth-order valence-corrected chi connectivity index (χ4v) is 3.14. The fourth-order valence-electron chi connectivity index (χ4n) is 3.14. The summed E-state index contributed by atoms with van der Waals surface area (Å²) in [6.45, 7) is 4.61. The molecule has 4 rings (SSSR count). The smallest absolute Gasteiger partial charge is 0.182 e. The normalized spacial score (nSPS) is 15.8. The highest BCUT2D eigenvalue weighted by Gasteiger charge is 2.23. The van der Waals surface area contributed by atoms with E-state index in [1.54, 1.807) is 6.20 Å². The average molecular weight is 347 g/mol. The van der Waals surface area contributed by atoms with Gasteiger partial charge in [0, 0.05) is 11.8 Å². The van der Waals surface area contributed by atoms with Crippen molar-refractivity contribution in [1.82, 2.24) is 15.0 Å². The first-order chi connectivity index (χ1) is 12.6. The summed E-state index contributed by atoms with van der Waals surface area (Å²) >= 11 is 0. The molecule has 6 nitrogen and oxygen atoms in total. The lowest BCUT2D eigenvalue weighted by Crippen LogP contribution is -2.34. The molecule has 26 heavy (non-hydrogen) atoms. The van der Waals surface area contributed by atoms with Crippen molar-refractivity contribution in [1.29, 1.82) is 0 Å². The molecule has 1 unspecified atom stereocenters. The molecule has 132 valence electrons. The van der Waals surface area contributed by atoms with Crippen LogP contribution < -0.4 is 15.8 Å². The van der Waals surface area contributed by atoms with Crippen molar-refractivity contribution in [2.45, 2.75) is 26.3 Å². The third-order valence-electron chi connectivity index (χ3n) is 4.68. The summed E-state index contributed by atoms with van der Waals surface area (Å²) in [5.74, 6) is 2.67. The third kappa shape index (κ3) is 3.06. The van der Waals surface area contributed by atoms with Gasteiger partial charge in [-0.2, -0.15) is 0 Å². The van der Waals surface area contributed by atoms with Crippen LogP contribution in [0.25, 0.3) is 11.5 Å². The molecule has 0 saturated heterocycles. The minimum Gasteiger partial charge on any atom is -0.491 e. The van der Waals surface area contributed by atoms with E-state index >= 15 is 0 Å². The standard InChI is InChI=1S/C20H21N5O/c1-12-6-5-8-17-15(12)10-14(11-26-17)23-19-13(2)18(21)24-20(25-19)16-7-3-4-9-22-16/h3-9,14H,10-11H2,1-2H3,(H3,21,23,24,25). The highest BCUT2D eigenvalue weighted by atomic mass is 16.5. The molecular weight excluding hydrogens is 326 g/mol. The van der Waals surface area contributed by atoms with Gasteiger partial charge >= 0.3 is 0 Å². The summed E-state index contributed by atoms with van der Waals surface area (Å²) in [5.41, 5.74) is 10.1. The molecule has 3 heterocycles. The number of hydrogen-bond acceptors (Lipinski definition) is 6. The zero-order valence-corrected chi connectivity index (χ0v) is 14.9. The third-order valence-corrected chi connectivity index (χ3v) is 4.68. The zero-order valence-electron chi connectivity index (χ0n) is 14.9. The van der Waals surface area contributed by atoms with Crippen molar-refractivity contribution in [3.05, 3.63) is 59.3 Å². The number of anilines is 2. The second-order valence-corrected chi connectivity index (χ2v) is 6.53. The van der Waals surface area contributed by atoms with E-state index in [1.807, 2.05) is 37.3 Å². The van der Waals surface area contributed by atoms with E-state index < -0.39 is 0 Å². The molecule has 0 radical (unpaired) electrons. The minimum absolute atomic E-state index is 0.119. The highest BCUT2D eigenvalue weighted by molar-refractivity contribution is 5.62. The molecular formula is C20H21N5O. The Kier molecular flexibility index (Phi) is 4.16. The van der Waals surface area contributed by atoms with E-state index in [1.165, 1.54) is 11.1 Å². The maximum atomic E-state index is 6.11. The molecule has 0 spiro atoms. The van der Waals surface area contributed by atoms with Gasteiger partial charge < -0.3 is 15.8 Å². The number of ether oxygens (including phenoxy) is 1. The first-order valence-electron chi connectivity index (χ1n) is 8.65. The second kappa shape index (κ2) is 6.63. The van der Waals surface area contributed by atoms with Crippen LogP contribution in [0.1, 0.15) is 16.7 Å². The Labute approximate surface area is 152 Å². The summed E-state index contributed by atoms with van der Waals surface area (Å²) in [7, 11) is 0. The Morgan fingerprint density at radius 2 is 2.00 bits per heavy atom. The Morgan fingerprint density at radius 1 is 1.12 bits per heavy atom. The van der Waals surface area contributed by atoms with Crippen molar-refractivity contribution in [2.24, 2.45) is 0 Å². The Hall–Kier alpha value is -3.15. The van der Waals surface area contributed by atoms with Gasteiger partial charge in [-0.15, -0.1) is 0 Å². The molecule has 1 atom stereocenters. The maximum Gasteiger partial charge on any atom is 0.182 e. The number of pyridine rings is 1. The van der Waals surface area contributed by atoms with E-state index in [0.29, 0.717) is 23.9 Å². The van der Waals surface area contributed by atoms with Crippen LogP contribution in [-0.2, 0) is 6.42 Å². The molecule has 0 fully saturated rings. The van der Waals surface area contributed by atoms with Gasteiger partial charge in [0.05, 0.1) is 6.04 Å². The number of nitrogen functional groups attached to an aromatic ring is 1. The molecule has 1 aliphatic heterocycles. The summed E-state index contributed by atoms with van der Waals surface area (Å²) in [6, 6.07) is 11.9. The lowest BCUT2D eigenvalue weighted by Gasteiger charge is -2.28. The van der Waals surface area contributed by atoms with Gasteiger partial charge in [-0.3, -0.25) is 4.98 Å². The number of aryl methyl sites for hydroxylation is 1. The van der Waals surface area contributed by atoms with E-state index in [4.69, 9.17) is 10.5 Å². The molecule has 0 saturated carbocycles. The van der Waals surface area contributed by atoms with Crippen LogP contribution in [0.4, 0.5) is 11.6 Å². The number of rotatable bonds is 3. The molecule has 0 aliphatic carbocycles. The Bertz CT molecular complexity index is 942. The summed E-state index contributed by atoms with van der Waals surface area (Å²) < 4.78 is 5.92. The Balaban J connectivity index is 1.63. The van der Waals surface area contributed by atoms with Crippen LogP contribution in [0.2, 0.25) is 0 Å². The first-order valence-corrected chi connectivity index (χ1v) is 8.65. The highest BCUT2D eigenvalue weighted by Crippen LogP contribution is 2.29. The van der Waals surface area contributed by atoms with E-state index in [2.05, 4.69) is 33.3 Å². The van der Waals surface area contributed by atoms with Crippen LogP contribution in [0, 0.1) is 13.8 Å². The van der Waals surface area contributed by atoms with Crippen LogP contribution in [0.15, 0.2) is 42.6 Å². The number of aromatic nitrogens is 3. The molecule has 0 bridgehead atoms. The van der Waals surface area contributed by atoms with Crippen LogP contribution in [0.3, 0.4) is 0 Å². The molecule has 0 amide bonds. The minimum atomic E-state index is 0.119. The second-order valence-electron chi connectivity index (χ2n) is 6.53. The average Bonchev–Trinajstić information content (AvgIpc) is 2.66. The van der Waals surface area contributed by atoms with Crippen LogP contribution >= 0.6 is 0 Å². The zero-order chi connectivity index (χ0) is 18.1. The Morgan fingerprint density at radius 3 is 2.81 bits per heavy atom. The number of nitrogens with one attached hydrogen (secondary N) is 1. The summed E-state index contributed by atoms with van der Waals surface area (Å²) in [5, 5.41) is 3.48. The van der Waals surface area contributed by atoms with Gasteiger partial charge in [0.25, 0.3) is 0 Å². The van der Waals surface area contributed by atoms with Gasteiger partial charge in [0.2, 0.25) is 0 Å². The van der Waals surface area contributed by atoms with Crippen molar-refractivity contribution in [2.75, 3.05) is 17.7 Å². The molecule has 2 aromatic heterocycles.